The van der Waals surface area contributed by atoms with E-state index in [1.807, 2.05) is 2.49 Å². The number of hydrogen-bond donors (Lipinski definition) is 0. The van der Waals surface area contributed by atoms with Crippen LogP contribution in [0.15, 0.2) is 63.2 Å². The average Bonchev–Trinajstić information content (AvgIpc) is 2.74. The Bertz CT molecular complexity index is 656. The van der Waals surface area contributed by atoms with E-state index in [-0.39, 0.29) is 0 Å². The van der Waals surface area contributed by atoms with Gasteiger partial charge in [0.05, 0.1) is 0 Å². The normalized spacial score (nSPS) is 12.3. The van der Waals surface area contributed by atoms with Crippen molar-refractivity contribution in [3.63, 3.8) is 0 Å². The van der Waals surface area contributed by atoms with Crippen LogP contribution in [0.2, 0.25) is 13.3 Å². The van der Waals surface area contributed by atoms with E-state index >= 15 is 0 Å². The van der Waals surface area contributed by atoms with Crippen molar-refractivity contribution < 1.29 is 0 Å². The molecule has 28 heavy (non-hydrogen) atoms. The zero-order chi connectivity index (χ0) is 20.1. The molecule has 0 N–H and O–H groups in total. The molecule has 0 saturated heterocycles. The van der Waals surface area contributed by atoms with E-state index in [1.165, 1.54) is 44.1 Å². The van der Waals surface area contributed by atoms with Crippen LogP contribution in [0.1, 0.15) is 64.9 Å². The van der Waals surface area contributed by atoms with Crippen LogP contribution in [0, 0.1) is 0 Å². The molecule has 2 heteroatoms. The van der Waals surface area contributed by atoms with Crippen LogP contribution in [0.4, 0.5) is 0 Å². The molecule has 0 unspecified atom stereocenters. The van der Waals surface area contributed by atoms with Crippen LogP contribution in [0.3, 0.4) is 0 Å². The Balaban J connectivity index is 2.48. The minimum atomic E-state index is -2.40. The molecule has 152 valence electrons. The second kappa shape index (κ2) is 13.7. The van der Waals surface area contributed by atoms with Gasteiger partial charge >= 0.3 is 185 Å². The number of rotatable bonds is 13. The van der Waals surface area contributed by atoms with E-state index in [1.54, 1.807) is 17.8 Å². The quantitative estimate of drug-likeness (QED) is 0.228. The van der Waals surface area contributed by atoms with Crippen molar-refractivity contribution in [2.24, 2.45) is 0 Å². The van der Waals surface area contributed by atoms with Gasteiger partial charge in [-0.3, -0.25) is 0 Å². The van der Waals surface area contributed by atoms with Gasteiger partial charge in [-0.05, 0) is 0 Å². The van der Waals surface area contributed by atoms with Gasteiger partial charge < -0.3 is 0 Å². The van der Waals surface area contributed by atoms with Gasteiger partial charge in [0.2, 0.25) is 0 Å². The van der Waals surface area contributed by atoms with Crippen LogP contribution in [0.5, 0.6) is 0 Å². The van der Waals surface area contributed by atoms with Gasteiger partial charge in [0.15, 0.2) is 0 Å². The molecule has 0 fully saturated rings. The fraction of sp³-hybridized carbons (Fsp3) is 0.462. The molecule has 0 amide bonds. The van der Waals surface area contributed by atoms with Crippen LogP contribution in [0.25, 0.3) is 6.08 Å². The summed E-state index contributed by atoms with van der Waals surface area (Å²) in [5.41, 5.74) is 1.42. The minimum absolute atomic E-state index is 0.475. The number of benzene rings is 2. The van der Waals surface area contributed by atoms with Crippen LogP contribution < -0.4 is 4.46 Å². The van der Waals surface area contributed by atoms with E-state index in [2.05, 4.69) is 87.5 Å². The zero-order valence-electron chi connectivity index (χ0n) is 18.1. The first-order chi connectivity index (χ1) is 13.7. The molecule has 0 saturated carbocycles. The summed E-state index contributed by atoms with van der Waals surface area (Å²) in [6.45, 7) is 7.12. The van der Waals surface area contributed by atoms with Crippen molar-refractivity contribution in [1.29, 1.82) is 0 Å². The van der Waals surface area contributed by atoms with Crippen molar-refractivity contribution in [3.8, 4) is 0 Å². The summed E-state index contributed by atoms with van der Waals surface area (Å²) in [5, 5.41) is 0. The van der Waals surface area contributed by atoms with Crippen molar-refractivity contribution in [2.75, 3.05) is 0 Å². The molecule has 0 aliphatic heterocycles. The second-order valence-electron chi connectivity index (χ2n) is 7.93. The fourth-order valence-electron chi connectivity index (χ4n) is 3.90. The summed E-state index contributed by atoms with van der Waals surface area (Å²) in [7, 11) is 0. The first-order valence-corrected chi connectivity index (χ1v) is 20.4. The van der Waals surface area contributed by atoms with Crippen molar-refractivity contribution in [2.45, 2.75) is 72.6 Å². The zero-order valence-corrected chi connectivity index (χ0v) is 22.7. The van der Waals surface area contributed by atoms with Gasteiger partial charge in [-0.25, -0.2) is 0 Å². The molecule has 0 aliphatic carbocycles. The molecule has 0 bridgehead atoms. The number of hydrogen-bond acceptors (Lipinski definition) is 0. The third-order valence-electron chi connectivity index (χ3n) is 5.62. The van der Waals surface area contributed by atoms with E-state index in [9.17, 15) is 0 Å². The maximum atomic E-state index is 2.64. The summed E-state index contributed by atoms with van der Waals surface area (Å²) in [4.78, 5) is 0. The topological polar surface area (TPSA) is 0 Å². The average molecular weight is 548 g/mol. The van der Waals surface area contributed by atoms with Gasteiger partial charge in [-0.1, -0.05) is 0 Å². The summed E-state index contributed by atoms with van der Waals surface area (Å²) in [5.74, 6) is 0. The van der Waals surface area contributed by atoms with Crippen molar-refractivity contribution in [3.05, 3.63) is 68.7 Å². The van der Waals surface area contributed by atoms with E-state index in [0.29, 0.717) is 15.0 Å². The van der Waals surface area contributed by atoms with Gasteiger partial charge in [-0.2, -0.15) is 0 Å². The molecule has 0 nitrogen and oxygen atoms in total. The first-order valence-electron chi connectivity index (χ1n) is 11.2. The molecule has 2 aromatic rings. The molecular formula is C26H38SeSn. The van der Waals surface area contributed by atoms with Gasteiger partial charge in [0.25, 0.3) is 0 Å². The predicted molar refractivity (Wildman–Crippen MR) is 131 cm³/mol. The molecule has 0 heterocycles. The predicted octanol–water partition coefficient (Wildman–Crippen LogP) is 7.45. The van der Waals surface area contributed by atoms with E-state index in [4.69, 9.17) is 0 Å². The van der Waals surface area contributed by atoms with E-state index < -0.39 is 18.4 Å². The Morgan fingerprint density at radius 3 is 1.64 bits per heavy atom. The fourth-order valence-corrected chi connectivity index (χ4v) is 29.6. The van der Waals surface area contributed by atoms with Crippen molar-refractivity contribution >= 4 is 43.9 Å². The first kappa shape index (κ1) is 23.8. The molecular weight excluding hydrogens is 510 g/mol. The Kier molecular flexibility index (Phi) is 11.6. The summed E-state index contributed by atoms with van der Waals surface area (Å²) in [6.07, 6.45) is 11.0. The molecule has 2 rings (SSSR count). The Labute approximate surface area is 184 Å². The summed E-state index contributed by atoms with van der Waals surface area (Å²) in [6, 6.07) is 22.4. The van der Waals surface area contributed by atoms with Crippen LogP contribution in [-0.4, -0.2) is 33.3 Å². The third kappa shape index (κ3) is 7.73. The second-order valence-corrected chi connectivity index (χ2v) is 25.7. The molecule has 0 aromatic heterocycles. The Morgan fingerprint density at radius 1 is 0.714 bits per heavy atom. The summed E-state index contributed by atoms with van der Waals surface area (Å²) < 4.78 is 8.15. The molecule has 2 aromatic carbocycles. The van der Waals surface area contributed by atoms with Crippen molar-refractivity contribution in [1.82, 2.24) is 0 Å². The molecule has 0 aliphatic rings. The molecule has 0 spiro atoms. The summed E-state index contributed by atoms with van der Waals surface area (Å²) >= 11 is -1.93. The van der Waals surface area contributed by atoms with Gasteiger partial charge in [0, 0.05) is 0 Å². The Morgan fingerprint density at radius 2 is 1.18 bits per heavy atom. The maximum absolute atomic E-state index is 2.64. The van der Waals surface area contributed by atoms with Crippen LogP contribution in [-0.2, 0) is 0 Å². The Hall–Kier alpha value is -0.502. The van der Waals surface area contributed by atoms with Gasteiger partial charge in [0.1, 0.15) is 0 Å². The third-order valence-corrected chi connectivity index (χ3v) is 29.6. The van der Waals surface area contributed by atoms with E-state index in [0.717, 1.165) is 0 Å². The molecule has 0 atom stereocenters. The van der Waals surface area contributed by atoms with Crippen LogP contribution >= 0.6 is 0 Å². The monoisotopic (exact) mass is 550 g/mol. The molecule has 0 radical (unpaired) electrons. The SMILES string of the molecule is CCC[CH2][Sn]([CH2]CCC)([CH2]CCC)/[C](=C/c1ccccc1)[Se]c1ccccc1. The standard InChI is InChI=1S/C14H11Se.3C4H9.Sn/c1-3-7-13(8-4-1)11-12-15-14-9-5-2-6-10-14;3*1-3-4-2;/h1-11H;3*1,3-4H2,2H3;. The number of unbranched alkanes of at least 4 members (excludes halogenated alkanes) is 3. The van der Waals surface area contributed by atoms with Gasteiger partial charge in [-0.15, -0.1) is 0 Å².